The summed E-state index contributed by atoms with van der Waals surface area (Å²) in [5.41, 5.74) is -0.480. The molecule has 0 aromatic carbocycles. The molecular weight excluding hydrogens is 156 g/mol. The highest BCUT2D eigenvalue weighted by Crippen LogP contribution is 2.52. The maximum Gasteiger partial charge on any atom is 0.303 e. The first kappa shape index (κ1) is 8.05. The quantitative estimate of drug-likeness (QED) is 0.593. The molecule has 3 heteroatoms. The van der Waals surface area contributed by atoms with Crippen molar-refractivity contribution in [3.63, 3.8) is 0 Å². The summed E-state index contributed by atoms with van der Waals surface area (Å²) in [6.07, 6.45) is 3.33. The molecule has 0 radical (unpaired) electrons. The topological polar surface area (TPSA) is 46.5 Å². The predicted molar refractivity (Wildman–Crippen MR) is 42.5 cm³/mol. The number of hydrogen-bond donors (Lipinski definition) is 1. The molecule has 0 amide bonds. The number of fused-ring (bicyclic) bond motifs is 1. The van der Waals surface area contributed by atoms with E-state index in [-0.39, 0.29) is 5.97 Å². The molecule has 0 heterocycles. The molecule has 1 N–H and O–H groups in total. The van der Waals surface area contributed by atoms with Crippen LogP contribution in [0.15, 0.2) is 0 Å². The minimum absolute atomic E-state index is 0.263. The molecule has 0 spiro atoms. The molecule has 2 aliphatic rings. The van der Waals surface area contributed by atoms with Gasteiger partial charge in [0.05, 0.1) is 6.10 Å². The first-order valence-electron chi connectivity index (χ1n) is 4.53. The second-order valence-electron chi connectivity index (χ2n) is 3.88. The van der Waals surface area contributed by atoms with E-state index in [0.717, 1.165) is 25.7 Å². The van der Waals surface area contributed by atoms with E-state index in [9.17, 15) is 9.90 Å². The number of hydrogen-bond acceptors (Lipinski definition) is 3. The van der Waals surface area contributed by atoms with Gasteiger partial charge in [0, 0.05) is 12.8 Å². The molecule has 0 bridgehead atoms. The van der Waals surface area contributed by atoms with E-state index in [1.165, 1.54) is 6.92 Å². The second-order valence-corrected chi connectivity index (χ2v) is 3.88. The van der Waals surface area contributed by atoms with Crippen LogP contribution < -0.4 is 0 Å². The lowest BCUT2D eigenvalue weighted by atomic mass is 9.70. The van der Waals surface area contributed by atoms with Crippen LogP contribution in [-0.2, 0) is 9.53 Å². The summed E-state index contributed by atoms with van der Waals surface area (Å²) in [5, 5.41) is 9.64. The Kier molecular flexibility index (Phi) is 1.65. The Morgan fingerprint density at radius 2 is 2.25 bits per heavy atom. The van der Waals surface area contributed by atoms with Gasteiger partial charge >= 0.3 is 5.97 Å². The van der Waals surface area contributed by atoms with Gasteiger partial charge in [-0.2, -0.15) is 0 Å². The van der Waals surface area contributed by atoms with E-state index < -0.39 is 11.7 Å². The summed E-state index contributed by atoms with van der Waals surface area (Å²) in [6.45, 7) is 1.41. The lowest BCUT2D eigenvalue weighted by Gasteiger charge is -2.45. The molecule has 3 nitrogen and oxygen atoms in total. The van der Waals surface area contributed by atoms with Gasteiger partial charge in [-0.3, -0.25) is 4.79 Å². The summed E-state index contributed by atoms with van der Waals surface area (Å²) < 4.78 is 5.22. The van der Waals surface area contributed by atoms with Crippen molar-refractivity contribution in [3.05, 3.63) is 0 Å². The molecule has 0 saturated heterocycles. The molecule has 12 heavy (non-hydrogen) atoms. The van der Waals surface area contributed by atoms with Crippen molar-refractivity contribution >= 4 is 5.97 Å². The zero-order chi connectivity index (χ0) is 8.77. The van der Waals surface area contributed by atoms with Crippen LogP contribution in [0.1, 0.15) is 32.6 Å². The minimum Gasteiger partial charge on any atom is -0.456 e. The van der Waals surface area contributed by atoms with Crippen LogP contribution >= 0.6 is 0 Å². The average Bonchev–Trinajstić information content (AvgIpc) is 2.13. The molecule has 0 aromatic rings. The smallest absolute Gasteiger partial charge is 0.303 e. The fraction of sp³-hybridized carbons (Fsp3) is 0.889. The highest BCUT2D eigenvalue weighted by molar-refractivity contribution is 5.67. The Bertz CT molecular complexity index is 206. The van der Waals surface area contributed by atoms with E-state index in [4.69, 9.17) is 4.74 Å². The third kappa shape index (κ3) is 0.891. The molecule has 0 aromatic heterocycles. The Balaban J connectivity index is 2.12. The SMILES string of the molecule is CC(=O)O[C@]12CCC1CC[C@H]2O. The molecule has 2 fully saturated rings. The van der Waals surface area contributed by atoms with Crippen LogP contribution in [0.3, 0.4) is 0 Å². The number of ether oxygens (including phenoxy) is 1. The summed E-state index contributed by atoms with van der Waals surface area (Å²) in [4.78, 5) is 10.8. The fourth-order valence-electron chi connectivity index (χ4n) is 2.53. The molecular formula is C9H14O3. The summed E-state index contributed by atoms with van der Waals surface area (Å²) in [6, 6.07) is 0. The van der Waals surface area contributed by atoms with Crippen LogP contribution in [0.5, 0.6) is 0 Å². The Morgan fingerprint density at radius 1 is 1.50 bits per heavy atom. The number of carbonyl (C=O) groups is 1. The van der Waals surface area contributed by atoms with Crippen molar-refractivity contribution in [2.24, 2.45) is 5.92 Å². The molecule has 0 aliphatic heterocycles. The number of aliphatic hydroxyl groups is 1. The van der Waals surface area contributed by atoms with Crippen LogP contribution in [0.4, 0.5) is 0 Å². The highest BCUT2D eigenvalue weighted by Gasteiger charge is 2.58. The van der Waals surface area contributed by atoms with Crippen molar-refractivity contribution in [2.45, 2.75) is 44.3 Å². The summed E-state index contributed by atoms with van der Waals surface area (Å²) in [7, 11) is 0. The fourth-order valence-corrected chi connectivity index (χ4v) is 2.53. The van der Waals surface area contributed by atoms with Crippen LogP contribution in [0, 0.1) is 5.92 Å². The molecule has 2 saturated carbocycles. The van der Waals surface area contributed by atoms with Crippen molar-refractivity contribution < 1.29 is 14.6 Å². The van der Waals surface area contributed by atoms with Crippen LogP contribution in [0.25, 0.3) is 0 Å². The van der Waals surface area contributed by atoms with Gasteiger partial charge in [-0.15, -0.1) is 0 Å². The number of aliphatic hydroxyl groups excluding tert-OH is 1. The lowest BCUT2D eigenvalue weighted by molar-refractivity contribution is -0.193. The molecule has 2 rings (SSSR count). The van der Waals surface area contributed by atoms with E-state index in [0.29, 0.717) is 5.92 Å². The molecule has 3 atom stereocenters. The average molecular weight is 170 g/mol. The van der Waals surface area contributed by atoms with Gasteiger partial charge in [0.1, 0.15) is 5.60 Å². The minimum atomic E-state index is -0.480. The predicted octanol–water partition coefficient (Wildman–Crippen LogP) is 0.853. The number of esters is 1. The zero-order valence-corrected chi connectivity index (χ0v) is 7.25. The van der Waals surface area contributed by atoms with Gasteiger partial charge in [-0.25, -0.2) is 0 Å². The lowest BCUT2D eigenvalue weighted by Crippen LogP contribution is -2.53. The monoisotopic (exact) mass is 170 g/mol. The zero-order valence-electron chi connectivity index (χ0n) is 7.25. The maximum absolute atomic E-state index is 10.8. The molecule has 68 valence electrons. The summed E-state index contributed by atoms with van der Waals surface area (Å²) in [5.74, 6) is 0.164. The largest absolute Gasteiger partial charge is 0.456 e. The first-order chi connectivity index (χ1) is 5.65. The maximum atomic E-state index is 10.8. The standard InChI is InChI=1S/C9H14O3/c1-6(10)12-9-5-4-7(9)2-3-8(9)11/h7-8,11H,2-5H2,1H3/t7?,8-,9-/m1/s1. The van der Waals surface area contributed by atoms with Crippen LogP contribution in [0.2, 0.25) is 0 Å². The Hall–Kier alpha value is -0.570. The number of carbonyl (C=O) groups excluding carboxylic acids is 1. The third-order valence-corrected chi connectivity index (χ3v) is 3.26. The van der Waals surface area contributed by atoms with Gasteiger partial charge < -0.3 is 9.84 Å². The van der Waals surface area contributed by atoms with Crippen molar-refractivity contribution in [2.75, 3.05) is 0 Å². The van der Waals surface area contributed by atoms with Gasteiger partial charge in [-0.05, 0) is 25.7 Å². The molecule has 2 aliphatic carbocycles. The van der Waals surface area contributed by atoms with Crippen molar-refractivity contribution in [1.29, 1.82) is 0 Å². The van der Waals surface area contributed by atoms with Gasteiger partial charge in [0.2, 0.25) is 0 Å². The third-order valence-electron chi connectivity index (χ3n) is 3.26. The normalized spacial score (nSPS) is 44.8. The van der Waals surface area contributed by atoms with Crippen LogP contribution in [-0.4, -0.2) is 22.8 Å². The molecule has 1 unspecified atom stereocenters. The highest BCUT2D eigenvalue weighted by atomic mass is 16.6. The van der Waals surface area contributed by atoms with E-state index in [1.807, 2.05) is 0 Å². The second kappa shape index (κ2) is 2.46. The van der Waals surface area contributed by atoms with Gasteiger partial charge in [0.25, 0.3) is 0 Å². The van der Waals surface area contributed by atoms with E-state index in [2.05, 4.69) is 0 Å². The van der Waals surface area contributed by atoms with Gasteiger partial charge in [-0.1, -0.05) is 0 Å². The van der Waals surface area contributed by atoms with Crippen molar-refractivity contribution in [3.8, 4) is 0 Å². The van der Waals surface area contributed by atoms with E-state index in [1.54, 1.807) is 0 Å². The number of rotatable bonds is 1. The Morgan fingerprint density at radius 3 is 2.67 bits per heavy atom. The summed E-state index contributed by atoms with van der Waals surface area (Å²) >= 11 is 0. The van der Waals surface area contributed by atoms with Crippen molar-refractivity contribution in [1.82, 2.24) is 0 Å². The van der Waals surface area contributed by atoms with Gasteiger partial charge in [0.15, 0.2) is 0 Å². The first-order valence-corrected chi connectivity index (χ1v) is 4.53. The Labute approximate surface area is 71.7 Å². The van der Waals surface area contributed by atoms with E-state index >= 15 is 0 Å².